The van der Waals surface area contributed by atoms with Crippen molar-refractivity contribution in [2.45, 2.75) is 167 Å². The van der Waals surface area contributed by atoms with Crippen molar-refractivity contribution in [3.05, 3.63) is 12.2 Å². The van der Waals surface area contributed by atoms with Crippen molar-refractivity contribution in [3.63, 3.8) is 0 Å². The van der Waals surface area contributed by atoms with Crippen molar-refractivity contribution < 1.29 is 33.5 Å². The van der Waals surface area contributed by atoms with Gasteiger partial charge in [0.05, 0.1) is 37.9 Å². The summed E-state index contributed by atoms with van der Waals surface area (Å²) < 4.78 is 21.9. The molecule has 6 N–H and O–H groups in total. The van der Waals surface area contributed by atoms with Crippen molar-refractivity contribution in [2.24, 2.45) is 5.73 Å². The van der Waals surface area contributed by atoms with Crippen LogP contribution in [0.15, 0.2) is 12.2 Å². The molecule has 10 heteroatoms. The summed E-state index contributed by atoms with van der Waals surface area (Å²) in [7, 11) is -4.38. The lowest BCUT2D eigenvalue weighted by Crippen LogP contribution is -2.46. The second kappa shape index (κ2) is 28.9. The third-order valence-electron chi connectivity index (χ3n) is 7.42. The topological polar surface area (TPSA) is 151 Å². The molecule has 0 aliphatic carbocycles. The minimum atomic E-state index is -4.38. The van der Waals surface area contributed by atoms with E-state index in [9.17, 15) is 24.5 Å². The molecule has 0 heterocycles. The molecule has 250 valence electrons. The summed E-state index contributed by atoms with van der Waals surface area (Å²) in [5.74, 6) is -0.451. The highest BCUT2D eigenvalue weighted by atomic mass is 31.2. The molecule has 1 amide bonds. The van der Waals surface area contributed by atoms with Crippen LogP contribution in [0.4, 0.5) is 0 Å². The summed E-state index contributed by atoms with van der Waals surface area (Å²) >= 11 is 0. The first-order valence-electron chi connectivity index (χ1n) is 16.9. The van der Waals surface area contributed by atoms with Gasteiger partial charge in [0.15, 0.2) is 0 Å². The molecular formula is C32H65N2O7P. The molecule has 9 nitrogen and oxygen atoms in total. The van der Waals surface area contributed by atoms with Gasteiger partial charge in [-0.15, -0.1) is 0 Å². The van der Waals surface area contributed by atoms with E-state index in [0.717, 1.165) is 38.5 Å². The fourth-order valence-electron chi connectivity index (χ4n) is 4.82. The molecule has 0 aromatic heterocycles. The van der Waals surface area contributed by atoms with Crippen molar-refractivity contribution >= 4 is 13.7 Å². The van der Waals surface area contributed by atoms with Gasteiger partial charge in [-0.3, -0.25) is 13.8 Å². The minimum absolute atomic E-state index is 0.0507. The third kappa shape index (κ3) is 26.8. The van der Waals surface area contributed by atoms with Gasteiger partial charge < -0.3 is 26.2 Å². The molecule has 4 atom stereocenters. The highest BCUT2D eigenvalue weighted by Crippen LogP contribution is 2.43. The highest BCUT2D eigenvalue weighted by molar-refractivity contribution is 7.47. The molecular weight excluding hydrogens is 555 g/mol. The molecule has 42 heavy (non-hydrogen) atoms. The molecule has 0 rings (SSSR count). The van der Waals surface area contributed by atoms with Crippen molar-refractivity contribution in [1.29, 1.82) is 0 Å². The first-order valence-corrected chi connectivity index (χ1v) is 18.4. The number of phosphoric acid groups is 1. The quantitative estimate of drug-likeness (QED) is 0.0313. The lowest BCUT2D eigenvalue weighted by Gasteiger charge is -2.24. The lowest BCUT2D eigenvalue weighted by molar-refractivity contribution is -0.124. The van der Waals surface area contributed by atoms with Crippen LogP contribution in [0.25, 0.3) is 0 Å². The normalized spacial score (nSPS) is 15.5. The molecule has 0 bridgehead atoms. The van der Waals surface area contributed by atoms with Crippen LogP contribution >= 0.6 is 7.82 Å². The predicted molar refractivity (Wildman–Crippen MR) is 172 cm³/mol. The van der Waals surface area contributed by atoms with Crippen LogP contribution in [0.5, 0.6) is 0 Å². The van der Waals surface area contributed by atoms with Gasteiger partial charge in [0.1, 0.15) is 0 Å². The Kier molecular flexibility index (Phi) is 28.4. The van der Waals surface area contributed by atoms with E-state index in [0.29, 0.717) is 6.42 Å². The van der Waals surface area contributed by atoms with Crippen LogP contribution in [0, 0.1) is 0 Å². The molecule has 0 aliphatic heterocycles. The van der Waals surface area contributed by atoms with Crippen LogP contribution in [0.3, 0.4) is 0 Å². The first-order chi connectivity index (χ1) is 20.3. The second-order valence-electron chi connectivity index (χ2n) is 11.6. The van der Waals surface area contributed by atoms with Gasteiger partial charge >= 0.3 is 7.82 Å². The zero-order valence-corrected chi connectivity index (χ0v) is 27.8. The van der Waals surface area contributed by atoms with Gasteiger partial charge in [-0.25, -0.2) is 4.57 Å². The smallest absolute Gasteiger partial charge is 0.393 e. The lowest BCUT2D eigenvalue weighted by atomic mass is 10.0. The Morgan fingerprint density at radius 2 is 1.31 bits per heavy atom. The Bertz CT molecular complexity index is 696. The maximum Gasteiger partial charge on any atom is 0.472 e. The number of nitrogens with one attached hydrogen (secondary N) is 1. The largest absolute Gasteiger partial charge is 0.472 e. The second-order valence-corrected chi connectivity index (χ2v) is 13.0. The molecule has 0 aromatic rings. The molecule has 0 aliphatic rings. The number of hydrogen-bond acceptors (Lipinski definition) is 7. The standard InChI is InChI=1S/C32H65N2O7P/c1-3-5-7-9-11-12-13-14-15-16-18-20-22-24-31(36)30(28-41-42(38,39)40-26-25-33)34-32(37)27-29(35)23-21-19-17-10-8-6-4-2/h22,24,29-31,35-36H,3-21,23,25-28,33H2,1-2H3,(H,34,37)(H,38,39)/b24-22+. The molecule has 0 saturated heterocycles. The van der Waals surface area contributed by atoms with Crippen molar-refractivity contribution in [1.82, 2.24) is 5.32 Å². The SMILES string of the molecule is CCCCCCCCCCCCC/C=C/C(O)C(COP(=O)(O)OCCN)NC(=O)CC(O)CCCCCCCCC. The monoisotopic (exact) mass is 620 g/mol. The maximum atomic E-state index is 12.6. The summed E-state index contributed by atoms with van der Waals surface area (Å²) in [6.45, 7) is 3.89. The number of aliphatic hydroxyl groups excluding tert-OH is 2. The van der Waals surface area contributed by atoms with Crippen molar-refractivity contribution in [3.8, 4) is 0 Å². The summed E-state index contributed by atoms with van der Waals surface area (Å²) in [6.07, 6.45) is 24.5. The van der Waals surface area contributed by atoms with Crippen LogP contribution in [0.1, 0.15) is 149 Å². The fraction of sp³-hybridized carbons (Fsp3) is 0.906. The highest BCUT2D eigenvalue weighted by Gasteiger charge is 2.27. The van der Waals surface area contributed by atoms with Crippen molar-refractivity contribution in [2.75, 3.05) is 19.8 Å². The Morgan fingerprint density at radius 1 is 0.810 bits per heavy atom. The molecule has 0 spiro atoms. The molecule has 0 radical (unpaired) electrons. The van der Waals surface area contributed by atoms with E-state index in [4.69, 9.17) is 14.8 Å². The van der Waals surface area contributed by atoms with Gasteiger partial charge in [-0.1, -0.05) is 135 Å². The van der Waals surface area contributed by atoms with Gasteiger partial charge in [0.25, 0.3) is 0 Å². The maximum absolute atomic E-state index is 12.6. The summed E-state index contributed by atoms with van der Waals surface area (Å²) in [6, 6.07) is -0.973. The number of carbonyl (C=O) groups is 1. The number of unbranched alkanes of at least 4 members (excludes halogenated alkanes) is 17. The van der Waals surface area contributed by atoms with E-state index < -0.39 is 38.6 Å². The summed E-state index contributed by atoms with van der Waals surface area (Å²) in [5, 5.41) is 23.7. The first kappa shape index (κ1) is 41.2. The van der Waals surface area contributed by atoms with E-state index in [1.807, 2.05) is 6.08 Å². The number of amides is 1. The van der Waals surface area contributed by atoms with Crippen LogP contribution in [-0.2, 0) is 18.4 Å². The van der Waals surface area contributed by atoms with E-state index in [1.165, 1.54) is 83.5 Å². The molecule has 0 aromatic carbocycles. The van der Waals surface area contributed by atoms with Gasteiger partial charge in [-0.2, -0.15) is 0 Å². The molecule has 0 fully saturated rings. The number of nitrogens with two attached hydrogens (primary N) is 1. The van der Waals surface area contributed by atoms with E-state index >= 15 is 0 Å². The Morgan fingerprint density at radius 3 is 1.83 bits per heavy atom. The van der Waals surface area contributed by atoms with Crippen LogP contribution < -0.4 is 11.1 Å². The summed E-state index contributed by atoms with van der Waals surface area (Å²) in [4.78, 5) is 22.5. The number of allylic oxidation sites excluding steroid dienone is 1. The fourth-order valence-corrected chi connectivity index (χ4v) is 5.58. The average molecular weight is 621 g/mol. The van der Waals surface area contributed by atoms with E-state index in [-0.39, 0.29) is 19.6 Å². The average Bonchev–Trinajstić information content (AvgIpc) is 2.96. The molecule has 0 saturated carbocycles. The number of carbonyl (C=O) groups excluding carboxylic acids is 1. The molecule has 4 unspecified atom stereocenters. The predicted octanol–water partition coefficient (Wildman–Crippen LogP) is 7.07. The van der Waals surface area contributed by atoms with Gasteiger partial charge in [0.2, 0.25) is 5.91 Å². The zero-order chi connectivity index (χ0) is 31.3. The van der Waals surface area contributed by atoms with E-state index in [2.05, 4.69) is 19.2 Å². The van der Waals surface area contributed by atoms with Gasteiger partial charge in [0, 0.05) is 6.54 Å². The Balaban J connectivity index is 4.53. The number of hydrogen-bond donors (Lipinski definition) is 5. The van der Waals surface area contributed by atoms with Crippen LogP contribution in [0.2, 0.25) is 0 Å². The minimum Gasteiger partial charge on any atom is -0.393 e. The zero-order valence-electron chi connectivity index (χ0n) is 26.9. The third-order valence-corrected chi connectivity index (χ3v) is 8.40. The van der Waals surface area contributed by atoms with E-state index in [1.54, 1.807) is 6.08 Å². The van der Waals surface area contributed by atoms with Gasteiger partial charge in [-0.05, 0) is 19.3 Å². The number of phosphoric ester groups is 1. The summed E-state index contributed by atoms with van der Waals surface area (Å²) in [5.41, 5.74) is 5.32. The Hall–Kier alpha value is -0.800. The Labute approximate surface area is 257 Å². The number of rotatable bonds is 31. The number of aliphatic hydroxyl groups is 2. The van der Waals surface area contributed by atoms with Crippen LogP contribution in [-0.4, -0.2) is 59.0 Å².